The molecule has 0 saturated heterocycles. The zero-order chi connectivity index (χ0) is 16.1. The third-order valence-electron chi connectivity index (χ3n) is 3.43. The second-order valence-electron chi connectivity index (χ2n) is 4.94. The Kier molecular flexibility index (Phi) is 4.30. The smallest absolute Gasteiger partial charge is 0.159 e. The Morgan fingerprint density at radius 2 is 1.39 bits per heavy atom. The lowest BCUT2D eigenvalue weighted by Gasteiger charge is -2.05. The lowest BCUT2D eigenvalue weighted by atomic mass is 10.0. The van der Waals surface area contributed by atoms with Crippen LogP contribution in [0.2, 0.25) is 0 Å². The molecule has 0 N–H and O–H groups in total. The molecule has 0 aliphatic rings. The van der Waals surface area contributed by atoms with Gasteiger partial charge in [0.15, 0.2) is 11.6 Å². The highest BCUT2D eigenvalue weighted by molar-refractivity contribution is 5.68. The van der Waals surface area contributed by atoms with Gasteiger partial charge in [0.25, 0.3) is 0 Å². The number of hydrogen-bond acceptors (Lipinski definition) is 4. The molecule has 0 fully saturated rings. The summed E-state index contributed by atoms with van der Waals surface area (Å²) in [5.41, 5.74) is 3.77. The first-order valence-electron chi connectivity index (χ1n) is 7.36. The average molecular weight is 301 g/mol. The van der Waals surface area contributed by atoms with Gasteiger partial charge >= 0.3 is 0 Å². The van der Waals surface area contributed by atoms with Gasteiger partial charge in [-0.25, -0.2) is 9.97 Å². The maximum absolute atomic E-state index is 8.84. The van der Waals surface area contributed by atoms with Crippen molar-refractivity contribution in [1.82, 2.24) is 9.97 Å². The van der Waals surface area contributed by atoms with Gasteiger partial charge in [0, 0.05) is 5.56 Å². The van der Waals surface area contributed by atoms with Crippen molar-refractivity contribution in [3.05, 3.63) is 66.5 Å². The van der Waals surface area contributed by atoms with Crippen LogP contribution in [-0.4, -0.2) is 16.6 Å². The number of hydrogen-bond donors (Lipinski definition) is 0. The molecule has 0 aliphatic carbocycles. The van der Waals surface area contributed by atoms with Gasteiger partial charge in [0.1, 0.15) is 0 Å². The summed E-state index contributed by atoms with van der Waals surface area (Å²) in [7, 11) is 0. The summed E-state index contributed by atoms with van der Waals surface area (Å²) in [6, 6.07) is 17.7. The van der Waals surface area contributed by atoms with Crippen molar-refractivity contribution in [2.45, 2.75) is 6.92 Å². The van der Waals surface area contributed by atoms with Gasteiger partial charge in [-0.05, 0) is 30.2 Å². The molecular formula is C19H15N3O. The normalized spacial score (nSPS) is 10.1. The van der Waals surface area contributed by atoms with E-state index < -0.39 is 0 Å². The van der Waals surface area contributed by atoms with Gasteiger partial charge in [-0.1, -0.05) is 36.4 Å². The maximum Gasteiger partial charge on any atom is 0.159 e. The molecule has 23 heavy (non-hydrogen) atoms. The standard InChI is InChI=1S/C19H15N3O/c1-2-23-18-12-21-19(22-13-18)17-9-7-16(8-10-17)15-5-3-14(11-20)4-6-15/h3-10,12-13H,2H2,1H3. The summed E-state index contributed by atoms with van der Waals surface area (Å²) in [4.78, 5) is 8.64. The number of ether oxygens (including phenoxy) is 1. The monoisotopic (exact) mass is 301 g/mol. The van der Waals surface area contributed by atoms with Crippen LogP contribution >= 0.6 is 0 Å². The molecule has 4 nitrogen and oxygen atoms in total. The van der Waals surface area contributed by atoms with E-state index in [1.54, 1.807) is 12.4 Å². The van der Waals surface area contributed by atoms with Crippen molar-refractivity contribution in [3.63, 3.8) is 0 Å². The highest BCUT2D eigenvalue weighted by Crippen LogP contribution is 2.23. The van der Waals surface area contributed by atoms with Gasteiger partial charge in [0.2, 0.25) is 0 Å². The van der Waals surface area contributed by atoms with Crippen LogP contribution in [0.25, 0.3) is 22.5 Å². The van der Waals surface area contributed by atoms with E-state index in [9.17, 15) is 0 Å². The third kappa shape index (κ3) is 3.35. The SMILES string of the molecule is CCOc1cnc(-c2ccc(-c3ccc(C#N)cc3)cc2)nc1. The molecule has 0 spiro atoms. The second-order valence-corrected chi connectivity index (χ2v) is 4.94. The zero-order valence-corrected chi connectivity index (χ0v) is 12.7. The largest absolute Gasteiger partial charge is 0.491 e. The van der Waals surface area contributed by atoms with Crippen LogP contribution in [0.3, 0.4) is 0 Å². The van der Waals surface area contributed by atoms with E-state index in [1.807, 2.05) is 55.5 Å². The summed E-state index contributed by atoms with van der Waals surface area (Å²) in [6.07, 6.45) is 3.36. The Labute approximate surface area is 135 Å². The molecule has 112 valence electrons. The van der Waals surface area contributed by atoms with Crippen molar-refractivity contribution >= 4 is 0 Å². The predicted octanol–water partition coefficient (Wildman–Crippen LogP) is 4.08. The van der Waals surface area contributed by atoms with Gasteiger partial charge in [-0.15, -0.1) is 0 Å². The van der Waals surface area contributed by atoms with E-state index in [0.717, 1.165) is 16.7 Å². The average Bonchev–Trinajstić information content (AvgIpc) is 2.63. The summed E-state index contributed by atoms with van der Waals surface area (Å²) in [5.74, 6) is 1.34. The summed E-state index contributed by atoms with van der Waals surface area (Å²) >= 11 is 0. The van der Waals surface area contributed by atoms with E-state index in [-0.39, 0.29) is 0 Å². The Morgan fingerprint density at radius 3 is 1.91 bits per heavy atom. The Bertz CT molecular complexity index is 816. The van der Waals surface area contributed by atoms with E-state index in [2.05, 4.69) is 16.0 Å². The molecule has 0 amide bonds. The highest BCUT2D eigenvalue weighted by atomic mass is 16.5. The number of benzene rings is 2. The molecular weight excluding hydrogens is 286 g/mol. The molecule has 0 saturated carbocycles. The first-order valence-corrected chi connectivity index (χ1v) is 7.36. The predicted molar refractivity (Wildman–Crippen MR) is 88.8 cm³/mol. The molecule has 0 unspecified atom stereocenters. The van der Waals surface area contributed by atoms with Crippen LogP contribution in [0.5, 0.6) is 5.75 Å². The fourth-order valence-electron chi connectivity index (χ4n) is 2.26. The van der Waals surface area contributed by atoms with Crippen LogP contribution < -0.4 is 4.74 Å². The molecule has 0 bridgehead atoms. The van der Waals surface area contributed by atoms with Crippen LogP contribution in [0.4, 0.5) is 0 Å². The second kappa shape index (κ2) is 6.71. The first kappa shape index (κ1) is 14.7. The van der Waals surface area contributed by atoms with Gasteiger partial charge in [-0.3, -0.25) is 0 Å². The third-order valence-corrected chi connectivity index (χ3v) is 3.43. The van der Waals surface area contributed by atoms with E-state index in [0.29, 0.717) is 23.7 Å². The maximum atomic E-state index is 8.84. The molecule has 1 aromatic heterocycles. The lowest BCUT2D eigenvalue weighted by Crippen LogP contribution is -1.94. The molecule has 0 radical (unpaired) electrons. The van der Waals surface area contributed by atoms with Crippen LogP contribution in [0, 0.1) is 11.3 Å². The number of aromatic nitrogens is 2. The molecule has 3 rings (SSSR count). The lowest BCUT2D eigenvalue weighted by molar-refractivity contribution is 0.337. The summed E-state index contributed by atoms with van der Waals surface area (Å²) in [5, 5.41) is 8.84. The quantitative estimate of drug-likeness (QED) is 0.728. The minimum absolute atomic E-state index is 0.599. The fraction of sp³-hybridized carbons (Fsp3) is 0.105. The van der Waals surface area contributed by atoms with Crippen molar-refractivity contribution in [2.24, 2.45) is 0 Å². The molecule has 0 atom stereocenters. The zero-order valence-electron chi connectivity index (χ0n) is 12.7. The van der Waals surface area contributed by atoms with Crippen molar-refractivity contribution in [3.8, 4) is 34.3 Å². The molecule has 2 aromatic carbocycles. The van der Waals surface area contributed by atoms with Crippen molar-refractivity contribution in [1.29, 1.82) is 5.26 Å². The Morgan fingerprint density at radius 1 is 0.870 bits per heavy atom. The minimum Gasteiger partial charge on any atom is -0.491 e. The van der Waals surface area contributed by atoms with Crippen LogP contribution in [-0.2, 0) is 0 Å². The number of nitrogens with zero attached hydrogens (tertiary/aromatic N) is 3. The number of nitriles is 1. The first-order chi connectivity index (χ1) is 11.3. The molecule has 3 aromatic rings. The summed E-state index contributed by atoms with van der Waals surface area (Å²) < 4.78 is 5.34. The topological polar surface area (TPSA) is 58.8 Å². The van der Waals surface area contributed by atoms with Crippen molar-refractivity contribution in [2.75, 3.05) is 6.61 Å². The Balaban J connectivity index is 1.82. The van der Waals surface area contributed by atoms with Crippen LogP contribution in [0.15, 0.2) is 60.9 Å². The summed E-state index contributed by atoms with van der Waals surface area (Å²) in [6.45, 7) is 2.53. The van der Waals surface area contributed by atoms with Crippen molar-refractivity contribution < 1.29 is 4.74 Å². The van der Waals surface area contributed by atoms with Gasteiger partial charge in [-0.2, -0.15) is 5.26 Å². The van der Waals surface area contributed by atoms with E-state index in [4.69, 9.17) is 10.00 Å². The highest BCUT2D eigenvalue weighted by Gasteiger charge is 2.03. The van der Waals surface area contributed by atoms with E-state index >= 15 is 0 Å². The van der Waals surface area contributed by atoms with E-state index in [1.165, 1.54) is 0 Å². The molecule has 4 heteroatoms. The van der Waals surface area contributed by atoms with Gasteiger partial charge in [0.05, 0.1) is 30.6 Å². The van der Waals surface area contributed by atoms with Crippen LogP contribution in [0.1, 0.15) is 12.5 Å². The van der Waals surface area contributed by atoms with Gasteiger partial charge < -0.3 is 4.74 Å². The fourth-order valence-corrected chi connectivity index (χ4v) is 2.26. The Hall–Kier alpha value is -3.19. The molecule has 0 aliphatic heterocycles. The minimum atomic E-state index is 0.599. The number of rotatable bonds is 4. The molecule has 1 heterocycles.